The zero-order valence-corrected chi connectivity index (χ0v) is 11.7. The maximum atomic E-state index is 8.75. The first-order valence-corrected chi connectivity index (χ1v) is 6.43. The number of ether oxygens (including phenoxy) is 1. The quantitative estimate of drug-likeness (QED) is 0.835. The lowest BCUT2D eigenvalue weighted by molar-refractivity contribution is 0.414. The minimum Gasteiger partial charge on any atom is -0.497 e. The van der Waals surface area contributed by atoms with Crippen LogP contribution in [0, 0.1) is 11.3 Å². The number of rotatable bonds is 5. The van der Waals surface area contributed by atoms with Crippen LogP contribution >= 0.6 is 0 Å². The van der Waals surface area contributed by atoms with E-state index in [1.807, 2.05) is 25.2 Å². The first kappa shape index (κ1) is 13.9. The van der Waals surface area contributed by atoms with Crippen LogP contribution in [0.2, 0.25) is 0 Å². The molecule has 0 amide bonds. The van der Waals surface area contributed by atoms with Gasteiger partial charge in [0.05, 0.1) is 12.7 Å². The Morgan fingerprint density at radius 1 is 1.20 bits per heavy atom. The Bertz CT molecular complexity index is 585. The van der Waals surface area contributed by atoms with Crippen molar-refractivity contribution in [1.82, 2.24) is 4.98 Å². The summed E-state index contributed by atoms with van der Waals surface area (Å²) in [5.41, 5.74) is 1.84. The van der Waals surface area contributed by atoms with Crippen molar-refractivity contribution in [2.75, 3.05) is 25.6 Å². The van der Waals surface area contributed by atoms with Crippen LogP contribution in [0.4, 0.5) is 5.82 Å². The number of hydrogen-bond donors (Lipinski definition) is 0. The van der Waals surface area contributed by atoms with Gasteiger partial charge in [0.2, 0.25) is 0 Å². The number of pyridine rings is 1. The molecule has 1 heterocycles. The number of nitrogens with zero attached hydrogens (tertiary/aromatic N) is 3. The van der Waals surface area contributed by atoms with E-state index in [2.05, 4.69) is 28.1 Å². The van der Waals surface area contributed by atoms with Crippen molar-refractivity contribution in [3.8, 4) is 11.8 Å². The van der Waals surface area contributed by atoms with Crippen LogP contribution in [0.5, 0.6) is 5.75 Å². The molecule has 4 heteroatoms. The molecule has 0 unspecified atom stereocenters. The molecule has 0 bridgehead atoms. The van der Waals surface area contributed by atoms with Crippen molar-refractivity contribution in [2.24, 2.45) is 0 Å². The van der Waals surface area contributed by atoms with E-state index in [4.69, 9.17) is 10.00 Å². The van der Waals surface area contributed by atoms with Gasteiger partial charge in [0.25, 0.3) is 0 Å². The van der Waals surface area contributed by atoms with E-state index in [1.54, 1.807) is 19.4 Å². The van der Waals surface area contributed by atoms with Gasteiger partial charge in [-0.25, -0.2) is 4.98 Å². The summed E-state index contributed by atoms with van der Waals surface area (Å²) in [6.45, 7) is 0.866. The van der Waals surface area contributed by atoms with Crippen molar-refractivity contribution < 1.29 is 4.74 Å². The van der Waals surface area contributed by atoms with Crippen LogP contribution in [0.25, 0.3) is 0 Å². The molecule has 0 N–H and O–H groups in total. The largest absolute Gasteiger partial charge is 0.497 e. The molecule has 0 atom stereocenters. The maximum Gasteiger partial charge on any atom is 0.128 e. The second kappa shape index (κ2) is 6.58. The van der Waals surface area contributed by atoms with E-state index in [-0.39, 0.29) is 0 Å². The molecular formula is C16H17N3O. The molecule has 0 aliphatic carbocycles. The van der Waals surface area contributed by atoms with Crippen LogP contribution < -0.4 is 9.64 Å². The Morgan fingerprint density at radius 2 is 1.95 bits per heavy atom. The van der Waals surface area contributed by atoms with Crippen molar-refractivity contribution in [1.29, 1.82) is 5.26 Å². The van der Waals surface area contributed by atoms with Gasteiger partial charge >= 0.3 is 0 Å². The molecule has 2 rings (SSSR count). The van der Waals surface area contributed by atoms with Crippen LogP contribution in [0.15, 0.2) is 42.6 Å². The Labute approximate surface area is 119 Å². The van der Waals surface area contributed by atoms with Gasteiger partial charge in [-0.2, -0.15) is 5.26 Å². The molecule has 1 aromatic heterocycles. The summed E-state index contributed by atoms with van der Waals surface area (Å²) in [6.07, 6.45) is 2.53. The molecule has 0 aliphatic rings. The highest BCUT2D eigenvalue weighted by Crippen LogP contribution is 2.13. The number of hydrogen-bond acceptors (Lipinski definition) is 4. The number of anilines is 1. The summed E-state index contributed by atoms with van der Waals surface area (Å²) in [4.78, 5) is 6.35. The van der Waals surface area contributed by atoms with E-state index in [0.717, 1.165) is 24.5 Å². The number of aromatic nitrogens is 1. The molecule has 1 aromatic carbocycles. The second-order valence-corrected chi connectivity index (χ2v) is 4.54. The van der Waals surface area contributed by atoms with E-state index < -0.39 is 0 Å². The number of likely N-dealkylation sites (N-methyl/N-ethyl adjacent to an activating group) is 1. The SMILES string of the molecule is COc1ccc(CCN(C)c2ccc(C#N)cn2)cc1. The van der Waals surface area contributed by atoms with Gasteiger partial charge in [-0.3, -0.25) is 0 Å². The zero-order valence-electron chi connectivity index (χ0n) is 11.7. The van der Waals surface area contributed by atoms with E-state index in [9.17, 15) is 0 Å². The van der Waals surface area contributed by atoms with E-state index >= 15 is 0 Å². The Kier molecular flexibility index (Phi) is 4.56. The zero-order chi connectivity index (χ0) is 14.4. The highest BCUT2D eigenvalue weighted by Gasteiger charge is 2.03. The Morgan fingerprint density at radius 3 is 2.50 bits per heavy atom. The lowest BCUT2D eigenvalue weighted by Crippen LogP contribution is -2.21. The molecule has 2 aromatic rings. The predicted molar refractivity (Wildman–Crippen MR) is 78.9 cm³/mol. The van der Waals surface area contributed by atoms with Crippen molar-refractivity contribution in [2.45, 2.75) is 6.42 Å². The molecule has 20 heavy (non-hydrogen) atoms. The van der Waals surface area contributed by atoms with Crippen molar-refractivity contribution in [3.63, 3.8) is 0 Å². The normalized spacial score (nSPS) is 9.85. The minimum absolute atomic E-state index is 0.581. The van der Waals surface area contributed by atoms with Gasteiger partial charge in [0.1, 0.15) is 17.6 Å². The molecule has 0 radical (unpaired) electrons. The summed E-state index contributed by atoms with van der Waals surface area (Å²) in [5, 5.41) is 8.75. The van der Waals surface area contributed by atoms with E-state index in [0.29, 0.717) is 5.56 Å². The lowest BCUT2D eigenvalue weighted by atomic mass is 10.1. The van der Waals surface area contributed by atoms with Crippen LogP contribution in [0.1, 0.15) is 11.1 Å². The van der Waals surface area contributed by atoms with Crippen LogP contribution in [-0.2, 0) is 6.42 Å². The topological polar surface area (TPSA) is 49.1 Å². The third-order valence-electron chi connectivity index (χ3n) is 3.16. The Balaban J connectivity index is 1.93. The first-order chi connectivity index (χ1) is 9.72. The van der Waals surface area contributed by atoms with Crippen LogP contribution in [-0.4, -0.2) is 25.7 Å². The standard InChI is InChI=1S/C16H17N3O/c1-19(16-8-5-14(11-17)12-18-16)10-9-13-3-6-15(20-2)7-4-13/h3-8,12H,9-10H2,1-2H3. The van der Waals surface area contributed by atoms with Gasteiger partial charge in [-0.15, -0.1) is 0 Å². The number of methoxy groups -OCH3 is 1. The van der Waals surface area contributed by atoms with Gasteiger partial charge in [-0.1, -0.05) is 12.1 Å². The average molecular weight is 267 g/mol. The average Bonchev–Trinajstić information content (AvgIpc) is 2.53. The van der Waals surface area contributed by atoms with Crippen LogP contribution in [0.3, 0.4) is 0 Å². The second-order valence-electron chi connectivity index (χ2n) is 4.54. The first-order valence-electron chi connectivity index (χ1n) is 6.43. The minimum atomic E-state index is 0.581. The fourth-order valence-electron chi connectivity index (χ4n) is 1.88. The Hall–Kier alpha value is -2.54. The molecule has 102 valence electrons. The fourth-order valence-corrected chi connectivity index (χ4v) is 1.88. The van der Waals surface area contributed by atoms with Gasteiger partial charge < -0.3 is 9.64 Å². The van der Waals surface area contributed by atoms with Gasteiger partial charge in [0.15, 0.2) is 0 Å². The van der Waals surface area contributed by atoms with Gasteiger partial charge in [-0.05, 0) is 36.2 Å². The number of nitriles is 1. The monoisotopic (exact) mass is 267 g/mol. The summed E-state index contributed by atoms with van der Waals surface area (Å²) in [7, 11) is 3.66. The molecule has 0 saturated heterocycles. The number of benzene rings is 1. The molecule has 0 aliphatic heterocycles. The molecule has 0 saturated carbocycles. The lowest BCUT2D eigenvalue weighted by Gasteiger charge is -2.18. The van der Waals surface area contributed by atoms with Crippen molar-refractivity contribution >= 4 is 5.82 Å². The van der Waals surface area contributed by atoms with E-state index in [1.165, 1.54) is 5.56 Å². The smallest absolute Gasteiger partial charge is 0.128 e. The highest BCUT2D eigenvalue weighted by molar-refractivity contribution is 5.41. The van der Waals surface area contributed by atoms with Crippen molar-refractivity contribution in [3.05, 3.63) is 53.7 Å². The molecule has 0 fully saturated rings. The third-order valence-corrected chi connectivity index (χ3v) is 3.16. The third kappa shape index (κ3) is 3.48. The maximum absolute atomic E-state index is 8.75. The fraction of sp³-hybridized carbons (Fsp3) is 0.250. The summed E-state index contributed by atoms with van der Waals surface area (Å²) in [6, 6.07) is 13.8. The predicted octanol–water partition coefficient (Wildman–Crippen LogP) is 2.64. The highest BCUT2D eigenvalue weighted by atomic mass is 16.5. The molecule has 4 nitrogen and oxygen atoms in total. The summed E-state index contributed by atoms with van der Waals surface area (Å²) in [5.74, 6) is 1.74. The molecule has 0 spiro atoms. The van der Waals surface area contributed by atoms with Gasteiger partial charge in [0, 0.05) is 19.8 Å². The summed E-state index contributed by atoms with van der Waals surface area (Å²) < 4.78 is 5.14. The molecular weight excluding hydrogens is 250 g/mol. The summed E-state index contributed by atoms with van der Waals surface area (Å²) >= 11 is 0.